The first-order valence-electron chi connectivity index (χ1n) is 5.81. The maximum absolute atomic E-state index is 11.7. The molecule has 17 heavy (non-hydrogen) atoms. The molecule has 4 heteroatoms. The molecule has 94 valence electrons. The molecule has 0 saturated heterocycles. The second-order valence-electron chi connectivity index (χ2n) is 4.44. The van der Waals surface area contributed by atoms with E-state index in [1.54, 1.807) is 19.1 Å². The predicted molar refractivity (Wildman–Crippen MR) is 67.7 cm³/mol. The van der Waals surface area contributed by atoms with Gasteiger partial charge in [-0.1, -0.05) is 19.1 Å². The van der Waals surface area contributed by atoms with Gasteiger partial charge in [0.2, 0.25) is 5.91 Å². The van der Waals surface area contributed by atoms with Crippen LogP contribution in [-0.2, 0) is 11.2 Å². The van der Waals surface area contributed by atoms with Crippen molar-refractivity contribution < 1.29 is 9.90 Å². The van der Waals surface area contributed by atoms with Gasteiger partial charge in [-0.25, -0.2) is 0 Å². The first-order chi connectivity index (χ1) is 7.95. The Morgan fingerprint density at radius 3 is 2.53 bits per heavy atom. The SMILES string of the molecule is CCC(C)(N)C(=O)NCCc1ccc(O)cc1. The van der Waals surface area contributed by atoms with E-state index in [9.17, 15) is 4.79 Å². The van der Waals surface area contributed by atoms with E-state index >= 15 is 0 Å². The third kappa shape index (κ3) is 4.07. The van der Waals surface area contributed by atoms with Crippen LogP contribution in [0.1, 0.15) is 25.8 Å². The molecule has 4 nitrogen and oxygen atoms in total. The molecule has 4 N–H and O–H groups in total. The van der Waals surface area contributed by atoms with Gasteiger partial charge in [-0.05, 0) is 37.5 Å². The van der Waals surface area contributed by atoms with E-state index < -0.39 is 5.54 Å². The fourth-order valence-electron chi connectivity index (χ4n) is 1.35. The predicted octanol–water partition coefficient (Wildman–Crippen LogP) is 1.18. The van der Waals surface area contributed by atoms with Gasteiger partial charge in [0.05, 0.1) is 5.54 Å². The number of nitrogens with one attached hydrogen (secondary N) is 1. The average molecular weight is 236 g/mol. The highest BCUT2D eigenvalue weighted by Crippen LogP contribution is 2.10. The zero-order chi connectivity index (χ0) is 12.9. The minimum absolute atomic E-state index is 0.126. The van der Waals surface area contributed by atoms with E-state index in [0.29, 0.717) is 13.0 Å². The molecule has 0 radical (unpaired) electrons. The summed E-state index contributed by atoms with van der Waals surface area (Å²) in [7, 11) is 0. The molecular weight excluding hydrogens is 216 g/mol. The van der Waals surface area contributed by atoms with E-state index in [4.69, 9.17) is 10.8 Å². The number of hydrogen-bond donors (Lipinski definition) is 3. The number of carbonyl (C=O) groups excluding carboxylic acids is 1. The van der Waals surface area contributed by atoms with E-state index in [1.165, 1.54) is 0 Å². The Kier molecular flexibility index (Phi) is 4.52. The van der Waals surface area contributed by atoms with Crippen molar-refractivity contribution in [3.63, 3.8) is 0 Å². The van der Waals surface area contributed by atoms with E-state index in [2.05, 4.69) is 5.32 Å². The van der Waals surface area contributed by atoms with Gasteiger partial charge in [0, 0.05) is 6.54 Å². The highest BCUT2D eigenvalue weighted by Gasteiger charge is 2.25. The average Bonchev–Trinajstić information content (AvgIpc) is 2.31. The number of rotatable bonds is 5. The standard InChI is InChI=1S/C13H20N2O2/c1-3-13(2,14)12(17)15-9-8-10-4-6-11(16)7-5-10/h4-7,16H,3,8-9,14H2,1-2H3,(H,15,17). The Labute approximate surface area is 102 Å². The fourth-order valence-corrected chi connectivity index (χ4v) is 1.35. The summed E-state index contributed by atoms with van der Waals surface area (Å²) in [5.41, 5.74) is 6.08. The summed E-state index contributed by atoms with van der Waals surface area (Å²) in [5.74, 6) is 0.122. The summed E-state index contributed by atoms with van der Waals surface area (Å²) in [5, 5.41) is 11.9. The second-order valence-corrected chi connectivity index (χ2v) is 4.44. The monoisotopic (exact) mass is 236 g/mol. The van der Waals surface area contributed by atoms with Crippen LogP contribution in [0.4, 0.5) is 0 Å². The van der Waals surface area contributed by atoms with Crippen LogP contribution < -0.4 is 11.1 Å². The number of amides is 1. The molecule has 0 spiro atoms. The van der Waals surface area contributed by atoms with Crippen molar-refractivity contribution in [1.29, 1.82) is 0 Å². The summed E-state index contributed by atoms with van der Waals surface area (Å²) in [4.78, 5) is 11.7. The van der Waals surface area contributed by atoms with Crippen LogP contribution in [0.5, 0.6) is 5.75 Å². The normalized spacial score (nSPS) is 14.1. The quantitative estimate of drug-likeness (QED) is 0.718. The maximum atomic E-state index is 11.7. The molecule has 0 bridgehead atoms. The molecule has 0 fully saturated rings. The molecule has 0 heterocycles. The lowest BCUT2D eigenvalue weighted by Gasteiger charge is -2.21. The van der Waals surface area contributed by atoms with Crippen molar-refractivity contribution in [2.24, 2.45) is 5.73 Å². The highest BCUT2D eigenvalue weighted by molar-refractivity contribution is 5.85. The van der Waals surface area contributed by atoms with E-state index in [1.807, 2.05) is 19.1 Å². The van der Waals surface area contributed by atoms with Gasteiger partial charge in [0.15, 0.2) is 0 Å². The van der Waals surface area contributed by atoms with Crippen molar-refractivity contribution in [2.45, 2.75) is 32.2 Å². The van der Waals surface area contributed by atoms with Gasteiger partial charge in [-0.2, -0.15) is 0 Å². The Hall–Kier alpha value is -1.55. The second kappa shape index (κ2) is 5.68. The number of aromatic hydroxyl groups is 1. The summed E-state index contributed by atoms with van der Waals surface area (Å²) in [6.07, 6.45) is 1.34. The summed E-state index contributed by atoms with van der Waals surface area (Å²) in [6, 6.07) is 6.94. The van der Waals surface area contributed by atoms with E-state index in [0.717, 1.165) is 12.0 Å². The van der Waals surface area contributed by atoms with Crippen molar-refractivity contribution >= 4 is 5.91 Å². The lowest BCUT2D eigenvalue weighted by atomic mass is 9.99. The lowest BCUT2D eigenvalue weighted by Crippen LogP contribution is -2.51. The van der Waals surface area contributed by atoms with Crippen LogP contribution in [0.2, 0.25) is 0 Å². The number of phenolic OH excluding ortho intramolecular Hbond substituents is 1. The zero-order valence-corrected chi connectivity index (χ0v) is 10.4. The van der Waals surface area contributed by atoms with Crippen LogP contribution in [0.25, 0.3) is 0 Å². The largest absolute Gasteiger partial charge is 0.508 e. The molecule has 0 saturated carbocycles. The van der Waals surface area contributed by atoms with Crippen LogP contribution >= 0.6 is 0 Å². The molecule has 1 atom stereocenters. The lowest BCUT2D eigenvalue weighted by molar-refractivity contribution is -0.125. The first kappa shape index (κ1) is 13.5. The molecular formula is C13H20N2O2. The van der Waals surface area contributed by atoms with Gasteiger partial charge in [0.1, 0.15) is 5.75 Å². The molecule has 0 aromatic heterocycles. The summed E-state index contributed by atoms with van der Waals surface area (Å²) >= 11 is 0. The number of phenols is 1. The first-order valence-corrected chi connectivity index (χ1v) is 5.81. The van der Waals surface area contributed by atoms with Gasteiger partial charge in [-0.3, -0.25) is 4.79 Å². The molecule has 1 amide bonds. The van der Waals surface area contributed by atoms with Crippen LogP contribution in [-0.4, -0.2) is 23.1 Å². The number of hydrogen-bond acceptors (Lipinski definition) is 3. The van der Waals surface area contributed by atoms with Gasteiger partial charge in [0.25, 0.3) is 0 Å². The molecule has 0 aliphatic rings. The third-order valence-corrected chi connectivity index (χ3v) is 2.89. The zero-order valence-electron chi connectivity index (χ0n) is 10.4. The highest BCUT2D eigenvalue weighted by atomic mass is 16.3. The molecule has 1 rings (SSSR count). The number of carbonyl (C=O) groups is 1. The number of nitrogens with two attached hydrogens (primary N) is 1. The maximum Gasteiger partial charge on any atom is 0.239 e. The Morgan fingerprint density at radius 2 is 2.00 bits per heavy atom. The van der Waals surface area contributed by atoms with Crippen molar-refractivity contribution in [2.75, 3.05) is 6.54 Å². The smallest absolute Gasteiger partial charge is 0.239 e. The van der Waals surface area contributed by atoms with Gasteiger partial charge >= 0.3 is 0 Å². The molecule has 1 unspecified atom stereocenters. The molecule has 0 aliphatic heterocycles. The van der Waals surface area contributed by atoms with Crippen molar-refractivity contribution in [3.05, 3.63) is 29.8 Å². The third-order valence-electron chi connectivity index (χ3n) is 2.89. The van der Waals surface area contributed by atoms with Crippen LogP contribution in [0.15, 0.2) is 24.3 Å². The molecule has 0 aliphatic carbocycles. The Morgan fingerprint density at radius 1 is 1.41 bits per heavy atom. The Bertz CT molecular complexity index is 372. The minimum Gasteiger partial charge on any atom is -0.508 e. The van der Waals surface area contributed by atoms with Crippen LogP contribution in [0, 0.1) is 0 Å². The topological polar surface area (TPSA) is 75.4 Å². The molecule has 1 aromatic carbocycles. The van der Waals surface area contributed by atoms with Crippen molar-refractivity contribution in [1.82, 2.24) is 5.32 Å². The minimum atomic E-state index is -0.797. The molecule has 1 aromatic rings. The summed E-state index contributed by atoms with van der Waals surface area (Å²) in [6.45, 7) is 4.17. The Balaban J connectivity index is 2.38. The number of benzene rings is 1. The van der Waals surface area contributed by atoms with E-state index in [-0.39, 0.29) is 11.7 Å². The van der Waals surface area contributed by atoms with Crippen LogP contribution in [0.3, 0.4) is 0 Å². The fraction of sp³-hybridized carbons (Fsp3) is 0.462. The summed E-state index contributed by atoms with van der Waals surface area (Å²) < 4.78 is 0. The van der Waals surface area contributed by atoms with Gasteiger partial charge in [-0.15, -0.1) is 0 Å². The van der Waals surface area contributed by atoms with Crippen molar-refractivity contribution in [3.8, 4) is 5.75 Å². The van der Waals surface area contributed by atoms with Gasteiger partial charge < -0.3 is 16.2 Å².